The Morgan fingerprint density at radius 2 is 1.90 bits per heavy atom. The van der Waals surface area contributed by atoms with Crippen molar-refractivity contribution in [2.45, 2.75) is 38.8 Å². The number of benzene rings is 2. The molecule has 3 aromatic rings. The summed E-state index contributed by atoms with van der Waals surface area (Å²) < 4.78 is 1.88. The zero-order valence-electron chi connectivity index (χ0n) is 16.2. The van der Waals surface area contributed by atoms with E-state index in [2.05, 4.69) is 10.6 Å². The van der Waals surface area contributed by atoms with Crippen LogP contribution in [0.15, 0.2) is 54.7 Å². The first-order valence-corrected chi connectivity index (χ1v) is 10.4. The molecule has 0 bridgehead atoms. The van der Waals surface area contributed by atoms with E-state index in [1.165, 1.54) is 0 Å². The predicted octanol–water partition coefficient (Wildman–Crippen LogP) is 4.74. The Morgan fingerprint density at radius 1 is 1.07 bits per heavy atom. The van der Waals surface area contributed by atoms with Crippen LogP contribution >= 0.6 is 11.6 Å². The van der Waals surface area contributed by atoms with Crippen molar-refractivity contribution in [2.24, 2.45) is 5.92 Å². The van der Waals surface area contributed by atoms with Gasteiger partial charge in [-0.1, -0.05) is 42.6 Å². The molecule has 0 spiro atoms. The molecule has 0 radical (unpaired) electrons. The topological polar surface area (TPSA) is 63.1 Å². The van der Waals surface area contributed by atoms with Crippen LogP contribution in [0.1, 0.15) is 31.2 Å². The van der Waals surface area contributed by atoms with Gasteiger partial charge in [-0.15, -0.1) is 0 Å². The standard InChI is InChI=1S/C23H24ClN3O2/c24-19-9-8-17-10-11-27(21(17)13-19)15-22(28)25-14-16-4-3-7-20(12-16)26-23(29)18-5-1-2-6-18/h3-4,7-13,18H,1-2,5-6,14-15H2,(H,25,28)(H,26,29). The lowest BCUT2D eigenvalue weighted by Gasteiger charge is -2.12. The van der Waals surface area contributed by atoms with E-state index >= 15 is 0 Å². The minimum Gasteiger partial charge on any atom is -0.350 e. The predicted molar refractivity (Wildman–Crippen MR) is 116 cm³/mol. The van der Waals surface area contributed by atoms with E-state index in [1.54, 1.807) is 0 Å². The number of carbonyl (C=O) groups excluding carboxylic acids is 2. The molecule has 6 heteroatoms. The van der Waals surface area contributed by atoms with E-state index in [4.69, 9.17) is 11.6 Å². The number of fused-ring (bicyclic) bond motifs is 1. The van der Waals surface area contributed by atoms with Gasteiger partial charge >= 0.3 is 0 Å². The SMILES string of the molecule is O=C(Cn1ccc2ccc(Cl)cc21)NCc1cccc(NC(=O)C2CCCC2)c1. The average molecular weight is 410 g/mol. The average Bonchev–Trinajstić information content (AvgIpc) is 3.37. The number of anilines is 1. The van der Waals surface area contributed by atoms with Crippen molar-refractivity contribution in [1.29, 1.82) is 0 Å². The molecule has 1 fully saturated rings. The zero-order valence-corrected chi connectivity index (χ0v) is 16.9. The number of aromatic nitrogens is 1. The van der Waals surface area contributed by atoms with Crippen molar-refractivity contribution >= 4 is 40.0 Å². The zero-order chi connectivity index (χ0) is 20.2. The molecule has 2 aromatic carbocycles. The van der Waals surface area contributed by atoms with Crippen molar-refractivity contribution in [2.75, 3.05) is 5.32 Å². The molecule has 0 atom stereocenters. The second kappa shape index (κ2) is 8.70. The van der Waals surface area contributed by atoms with Gasteiger partial charge in [0.1, 0.15) is 6.54 Å². The highest BCUT2D eigenvalue weighted by molar-refractivity contribution is 6.31. The Bertz CT molecular complexity index is 1040. The summed E-state index contributed by atoms with van der Waals surface area (Å²) >= 11 is 6.07. The molecule has 29 heavy (non-hydrogen) atoms. The highest BCUT2D eigenvalue weighted by Gasteiger charge is 2.22. The lowest BCUT2D eigenvalue weighted by atomic mass is 10.1. The maximum atomic E-state index is 12.4. The molecule has 2 amide bonds. The Hall–Kier alpha value is -2.79. The van der Waals surface area contributed by atoms with Crippen LogP contribution in [0, 0.1) is 5.92 Å². The van der Waals surface area contributed by atoms with E-state index in [0.29, 0.717) is 11.6 Å². The molecular formula is C23H24ClN3O2. The van der Waals surface area contributed by atoms with Crippen molar-refractivity contribution in [3.8, 4) is 0 Å². The molecule has 0 aliphatic heterocycles. The summed E-state index contributed by atoms with van der Waals surface area (Å²) in [6.07, 6.45) is 6.10. The number of hydrogen-bond donors (Lipinski definition) is 2. The first-order chi connectivity index (χ1) is 14.1. The highest BCUT2D eigenvalue weighted by Crippen LogP contribution is 2.26. The van der Waals surface area contributed by atoms with E-state index in [0.717, 1.165) is 47.8 Å². The monoisotopic (exact) mass is 409 g/mol. The summed E-state index contributed by atoms with van der Waals surface area (Å²) in [4.78, 5) is 24.7. The normalized spacial score (nSPS) is 14.2. The molecule has 2 N–H and O–H groups in total. The summed E-state index contributed by atoms with van der Waals surface area (Å²) in [6, 6.07) is 15.2. The summed E-state index contributed by atoms with van der Waals surface area (Å²) in [7, 11) is 0. The van der Waals surface area contributed by atoms with Crippen LogP contribution < -0.4 is 10.6 Å². The Balaban J connectivity index is 1.34. The molecule has 1 saturated carbocycles. The third kappa shape index (κ3) is 4.80. The summed E-state index contributed by atoms with van der Waals surface area (Å²) in [5.41, 5.74) is 2.66. The first-order valence-electron chi connectivity index (χ1n) is 9.99. The van der Waals surface area contributed by atoms with Crippen LogP contribution in [0.3, 0.4) is 0 Å². The quantitative estimate of drug-likeness (QED) is 0.617. The number of halogens is 1. The van der Waals surface area contributed by atoms with Gasteiger partial charge in [0.05, 0.1) is 0 Å². The highest BCUT2D eigenvalue weighted by atomic mass is 35.5. The first kappa shape index (κ1) is 19.5. The van der Waals surface area contributed by atoms with Gasteiger partial charge in [0.15, 0.2) is 0 Å². The van der Waals surface area contributed by atoms with Crippen LogP contribution in [0.2, 0.25) is 5.02 Å². The van der Waals surface area contributed by atoms with E-state index < -0.39 is 0 Å². The summed E-state index contributed by atoms with van der Waals surface area (Å²) in [6.45, 7) is 0.633. The van der Waals surface area contributed by atoms with Gasteiger partial charge in [-0.05, 0) is 54.1 Å². The van der Waals surface area contributed by atoms with Crippen LogP contribution in [0.5, 0.6) is 0 Å². The largest absolute Gasteiger partial charge is 0.350 e. The number of nitrogens with zero attached hydrogens (tertiary/aromatic N) is 1. The smallest absolute Gasteiger partial charge is 0.240 e. The van der Waals surface area contributed by atoms with Gasteiger partial charge in [-0.2, -0.15) is 0 Å². The van der Waals surface area contributed by atoms with Crippen LogP contribution in [-0.2, 0) is 22.7 Å². The Morgan fingerprint density at radius 3 is 2.72 bits per heavy atom. The number of rotatable bonds is 6. The second-order valence-corrected chi connectivity index (χ2v) is 8.03. The lowest BCUT2D eigenvalue weighted by Crippen LogP contribution is -2.27. The van der Waals surface area contributed by atoms with E-state index in [9.17, 15) is 9.59 Å². The molecule has 0 unspecified atom stereocenters. The fourth-order valence-electron chi connectivity index (χ4n) is 3.90. The molecule has 1 aromatic heterocycles. The maximum absolute atomic E-state index is 12.4. The Kier molecular flexibility index (Phi) is 5.86. The third-order valence-corrected chi connectivity index (χ3v) is 5.70. The molecule has 5 nitrogen and oxygen atoms in total. The van der Waals surface area contributed by atoms with E-state index in [-0.39, 0.29) is 24.3 Å². The fourth-order valence-corrected chi connectivity index (χ4v) is 4.06. The Labute approximate surface area is 175 Å². The second-order valence-electron chi connectivity index (χ2n) is 7.59. The minimum absolute atomic E-state index is 0.0807. The van der Waals surface area contributed by atoms with Crippen LogP contribution in [0.4, 0.5) is 5.69 Å². The van der Waals surface area contributed by atoms with Gasteiger partial charge in [0.2, 0.25) is 11.8 Å². The maximum Gasteiger partial charge on any atom is 0.240 e. The number of carbonyl (C=O) groups is 2. The van der Waals surface area contributed by atoms with Crippen LogP contribution in [0.25, 0.3) is 10.9 Å². The van der Waals surface area contributed by atoms with Gasteiger partial charge in [0.25, 0.3) is 0 Å². The van der Waals surface area contributed by atoms with Gasteiger partial charge in [-0.3, -0.25) is 9.59 Å². The summed E-state index contributed by atoms with van der Waals surface area (Å²) in [5, 5.41) is 7.65. The lowest BCUT2D eigenvalue weighted by molar-refractivity contribution is -0.122. The van der Waals surface area contributed by atoms with Crippen molar-refractivity contribution in [3.05, 3.63) is 65.3 Å². The molecule has 1 heterocycles. The molecule has 4 rings (SSSR count). The van der Waals surface area contributed by atoms with Crippen molar-refractivity contribution in [3.63, 3.8) is 0 Å². The van der Waals surface area contributed by atoms with Crippen molar-refractivity contribution in [1.82, 2.24) is 9.88 Å². The number of hydrogen-bond acceptors (Lipinski definition) is 2. The van der Waals surface area contributed by atoms with Gasteiger partial charge < -0.3 is 15.2 Å². The number of amides is 2. The van der Waals surface area contributed by atoms with E-state index in [1.807, 2.05) is 59.3 Å². The van der Waals surface area contributed by atoms with Crippen LogP contribution in [-0.4, -0.2) is 16.4 Å². The number of nitrogens with one attached hydrogen (secondary N) is 2. The molecule has 1 aliphatic carbocycles. The molecule has 1 aliphatic rings. The molecular weight excluding hydrogens is 386 g/mol. The minimum atomic E-state index is -0.0807. The fraction of sp³-hybridized carbons (Fsp3) is 0.304. The molecule has 0 saturated heterocycles. The summed E-state index contributed by atoms with van der Waals surface area (Å²) in [5.74, 6) is 0.146. The molecule has 150 valence electrons. The van der Waals surface area contributed by atoms with Gasteiger partial charge in [0, 0.05) is 34.9 Å². The van der Waals surface area contributed by atoms with Crippen molar-refractivity contribution < 1.29 is 9.59 Å². The third-order valence-electron chi connectivity index (χ3n) is 5.46. The van der Waals surface area contributed by atoms with Gasteiger partial charge in [-0.25, -0.2) is 0 Å².